The lowest BCUT2D eigenvalue weighted by molar-refractivity contribution is 0.201. The van der Waals surface area contributed by atoms with E-state index in [-0.39, 0.29) is 24.9 Å². The number of furan rings is 1. The number of rotatable bonds is 5. The lowest BCUT2D eigenvalue weighted by Crippen LogP contribution is -2.34. The quantitative estimate of drug-likeness (QED) is 0.542. The summed E-state index contributed by atoms with van der Waals surface area (Å²) in [4.78, 5) is 14.4. The molecule has 4 nitrogen and oxygen atoms in total. The Hall–Kier alpha value is -2.50. The normalized spacial score (nSPS) is 10.7. The Morgan fingerprint density at radius 1 is 1.07 bits per heavy atom. The maximum atomic E-state index is 13.2. The molecule has 0 bridgehead atoms. The highest BCUT2D eigenvalue weighted by Gasteiger charge is 2.18. The number of carbonyl (C=O) groups excluding carboxylic acids is 1. The molecule has 140 valence electrons. The molecule has 2 amide bonds. The minimum absolute atomic E-state index is 0.252. The van der Waals surface area contributed by atoms with Crippen molar-refractivity contribution in [2.75, 3.05) is 5.32 Å². The van der Waals surface area contributed by atoms with E-state index < -0.39 is 0 Å². The van der Waals surface area contributed by atoms with E-state index in [0.29, 0.717) is 21.5 Å². The first-order valence-corrected chi connectivity index (χ1v) is 8.97. The van der Waals surface area contributed by atoms with Crippen LogP contribution in [-0.4, -0.2) is 10.9 Å². The SMILES string of the molecule is Cc1ccc(CN(Cc2ccc(F)cc2)C(=O)Nc2ccc(Cl)cc2Cl)o1. The molecule has 0 fully saturated rings. The van der Waals surface area contributed by atoms with Crippen LogP contribution in [0.3, 0.4) is 0 Å². The summed E-state index contributed by atoms with van der Waals surface area (Å²) in [5, 5.41) is 3.60. The Morgan fingerprint density at radius 3 is 2.44 bits per heavy atom. The lowest BCUT2D eigenvalue weighted by atomic mass is 10.2. The maximum absolute atomic E-state index is 13.2. The second kappa shape index (κ2) is 8.46. The summed E-state index contributed by atoms with van der Waals surface area (Å²) < 4.78 is 18.7. The zero-order valence-electron chi connectivity index (χ0n) is 14.5. The van der Waals surface area contributed by atoms with Crippen molar-refractivity contribution >= 4 is 34.9 Å². The Labute approximate surface area is 166 Å². The van der Waals surface area contributed by atoms with Crippen LogP contribution in [-0.2, 0) is 13.1 Å². The van der Waals surface area contributed by atoms with E-state index in [1.807, 2.05) is 19.1 Å². The smallest absolute Gasteiger partial charge is 0.322 e. The first kappa shape index (κ1) is 19.3. The molecule has 0 aliphatic rings. The lowest BCUT2D eigenvalue weighted by Gasteiger charge is -2.23. The molecule has 1 heterocycles. The zero-order valence-corrected chi connectivity index (χ0v) is 16.0. The first-order chi connectivity index (χ1) is 12.9. The second-order valence-corrected chi connectivity index (χ2v) is 6.89. The number of hydrogen-bond acceptors (Lipinski definition) is 2. The van der Waals surface area contributed by atoms with Crippen LogP contribution in [0, 0.1) is 12.7 Å². The van der Waals surface area contributed by atoms with Crippen molar-refractivity contribution in [3.05, 3.63) is 87.5 Å². The molecule has 0 aliphatic carbocycles. The van der Waals surface area contributed by atoms with Gasteiger partial charge in [-0.25, -0.2) is 9.18 Å². The van der Waals surface area contributed by atoms with E-state index >= 15 is 0 Å². The van der Waals surface area contributed by atoms with Gasteiger partial charge in [0.05, 0.1) is 17.3 Å². The van der Waals surface area contributed by atoms with Gasteiger partial charge >= 0.3 is 6.03 Å². The number of urea groups is 1. The number of nitrogens with one attached hydrogen (secondary N) is 1. The van der Waals surface area contributed by atoms with Crippen LogP contribution >= 0.6 is 23.2 Å². The molecule has 3 aromatic rings. The molecule has 27 heavy (non-hydrogen) atoms. The van der Waals surface area contributed by atoms with Gasteiger partial charge in [-0.2, -0.15) is 0 Å². The molecular formula is C20H17Cl2FN2O2. The predicted octanol–water partition coefficient (Wildman–Crippen LogP) is 6.27. The number of anilines is 1. The van der Waals surface area contributed by atoms with Gasteiger partial charge in [-0.1, -0.05) is 35.3 Å². The average Bonchev–Trinajstić information content (AvgIpc) is 3.03. The summed E-state index contributed by atoms with van der Waals surface area (Å²) in [5.74, 6) is 1.07. The van der Waals surface area contributed by atoms with Gasteiger partial charge in [0.25, 0.3) is 0 Å². The minimum atomic E-state index is -0.363. The number of benzene rings is 2. The van der Waals surface area contributed by atoms with Gasteiger partial charge in [0.1, 0.15) is 17.3 Å². The van der Waals surface area contributed by atoms with Crippen LogP contribution in [0.15, 0.2) is 59.0 Å². The Balaban J connectivity index is 1.80. The molecule has 0 saturated heterocycles. The van der Waals surface area contributed by atoms with E-state index in [0.717, 1.165) is 11.3 Å². The fourth-order valence-electron chi connectivity index (χ4n) is 2.55. The van der Waals surface area contributed by atoms with E-state index in [9.17, 15) is 9.18 Å². The molecular weight excluding hydrogens is 390 g/mol. The summed E-state index contributed by atoms with van der Waals surface area (Å²) in [7, 11) is 0. The molecule has 0 atom stereocenters. The fourth-order valence-corrected chi connectivity index (χ4v) is 3.01. The van der Waals surface area contributed by atoms with E-state index in [1.54, 1.807) is 35.2 Å². The number of amides is 2. The Morgan fingerprint density at radius 2 is 1.81 bits per heavy atom. The summed E-state index contributed by atoms with van der Waals surface area (Å²) in [5.41, 5.74) is 1.24. The van der Waals surface area contributed by atoms with Gasteiger partial charge in [-0.15, -0.1) is 0 Å². The highest BCUT2D eigenvalue weighted by Crippen LogP contribution is 2.26. The highest BCUT2D eigenvalue weighted by atomic mass is 35.5. The fraction of sp³-hybridized carbons (Fsp3) is 0.150. The molecule has 1 N–H and O–H groups in total. The summed E-state index contributed by atoms with van der Waals surface area (Å²) >= 11 is 12.0. The molecule has 7 heteroatoms. The monoisotopic (exact) mass is 406 g/mol. The van der Waals surface area contributed by atoms with Gasteiger partial charge in [0.15, 0.2) is 0 Å². The van der Waals surface area contributed by atoms with Crippen molar-refractivity contribution in [1.82, 2.24) is 4.90 Å². The van der Waals surface area contributed by atoms with Gasteiger partial charge < -0.3 is 14.6 Å². The zero-order chi connectivity index (χ0) is 19.4. The van der Waals surface area contributed by atoms with Gasteiger partial charge in [-0.3, -0.25) is 0 Å². The van der Waals surface area contributed by atoms with Crippen LogP contribution in [0.1, 0.15) is 17.1 Å². The molecule has 1 aromatic heterocycles. The molecule has 0 unspecified atom stereocenters. The second-order valence-electron chi connectivity index (χ2n) is 6.05. The van der Waals surface area contributed by atoms with Crippen molar-refractivity contribution in [2.24, 2.45) is 0 Å². The highest BCUT2D eigenvalue weighted by molar-refractivity contribution is 6.36. The topological polar surface area (TPSA) is 45.5 Å². The summed E-state index contributed by atoms with van der Waals surface area (Å²) in [6.07, 6.45) is 0. The van der Waals surface area contributed by atoms with Crippen molar-refractivity contribution in [3.63, 3.8) is 0 Å². The largest absolute Gasteiger partial charge is 0.464 e. The number of nitrogens with zero attached hydrogens (tertiary/aromatic N) is 1. The third kappa shape index (κ3) is 5.25. The van der Waals surface area contributed by atoms with Crippen LogP contribution < -0.4 is 5.32 Å². The summed E-state index contributed by atoms with van der Waals surface area (Å²) in [6, 6.07) is 14.1. The predicted molar refractivity (Wildman–Crippen MR) is 105 cm³/mol. The molecule has 3 rings (SSSR count). The van der Waals surface area contributed by atoms with Crippen LogP contribution in [0.25, 0.3) is 0 Å². The third-order valence-corrected chi connectivity index (χ3v) is 4.44. The van der Waals surface area contributed by atoms with Gasteiger partial charge in [-0.05, 0) is 55.0 Å². The summed E-state index contributed by atoms with van der Waals surface area (Å²) in [6.45, 7) is 2.36. The number of halogens is 3. The maximum Gasteiger partial charge on any atom is 0.322 e. The standard InChI is InChI=1S/C20H17Cl2FN2O2/c1-13-2-8-17(27-13)12-25(11-14-3-6-16(23)7-4-14)20(26)24-19-9-5-15(21)10-18(19)22/h2-10H,11-12H2,1H3,(H,24,26). The van der Waals surface area contributed by atoms with Crippen molar-refractivity contribution < 1.29 is 13.6 Å². The minimum Gasteiger partial charge on any atom is -0.464 e. The third-order valence-electron chi connectivity index (χ3n) is 3.89. The van der Waals surface area contributed by atoms with E-state index in [1.165, 1.54) is 12.1 Å². The van der Waals surface area contributed by atoms with Crippen molar-refractivity contribution in [1.29, 1.82) is 0 Å². The molecule has 0 aliphatic heterocycles. The molecule has 0 saturated carbocycles. The number of hydrogen-bond donors (Lipinski definition) is 1. The van der Waals surface area contributed by atoms with E-state index in [4.69, 9.17) is 27.6 Å². The van der Waals surface area contributed by atoms with E-state index in [2.05, 4.69) is 5.32 Å². The molecule has 0 radical (unpaired) electrons. The Bertz CT molecular complexity index is 941. The first-order valence-electron chi connectivity index (χ1n) is 8.21. The van der Waals surface area contributed by atoms with Crippen molar-refractivity contribution in [3.8, 4) is 0 Å². The van der Waals surface area contributed by atoms with Gasteiger partial charge in [0, 0.05) is 11.6 Å². The van der Waals surface area contributed by atoms with Crippen LogP contribution in [0.2, 0.25) is 10.0 Å². The Kier molecular flexibility index (Phi) is 6.04. The molecule has 0 spiro atoms. The van der Waals surface area contributed by atoms with Crippen LogP contribution in [0.5, 0.6) is 0 Å². The number of carbonyl (C=O) groups is 1. The van der Waals surface area contributed by atoms with Crippen molar-refractivity contribution in [2.45, 2.75) is 20.0 Å². The van der Waals surface area contributed by atoms with Gasteiger partial charge in [0.2, 0.25) is 0 Å². The molecule has 2 aromatic carbocycles. The average molecular weight is 407 g/mol. The van der Waals surface area contributed by atoms with Crippen LogP contribution in [0.4, 0.5) is 14.9 Å². The number of aryl methyl sites for hydroxylation is 1.